The molecule has 0 spiro atoms. The average molecular weight is 515 g/mol. The van der Waals surface area contributed by atoms with Crippen molar-refractivity contribution in [1.29, 1.82) is 0 Å². The Morgan fingerprint density at radius 3 is 2.46 bits per heavy atom. The van der Waals surface area contributed by atoms with Crippen molar-refractivity contribution in [3.63, 3.8) is 0 Å². The Hall–Kier alpha value is -3.55. The summed E-state index contributed by atoms with van der Waals surface area (Å²) in [6.45, 7) is 7.31. The number of para-hydroxylation sites is 1. The van der Waals surface area contributed by atoms with E-state index in [1.165, 1.54) is 0 Å². The van der Waals surface area contributed by atoms with Crippen molar-refractivity contribution in [2.24, 2.45) is 0 Å². The Kier molecular flexibility index (Phi) is 7.09. The second-order valence-electron chi connectivity index (χ2n) is 9.57. The second-order valence-corrected chi connectivity index (χ2v) is 11.3. The first-order valence-corrected chi connectivity index (χ1v) is 13.9. The molecule has 3 aromatic carbocycles. The molecule has 6 nitrogen and oxygen atoms in total. The number of hydrogen-bond acceptors (Lipinski definition) is 6. The van der Waals surface area contributed by atoms with E-state index in [-0.39, 0.29) is 11.5 Å². The molecule has 0 radical (unpaired) electrons. The van der Waals surface area contributed by atoms with Crippen LogP contribution in [0, 0.1) is 13.8 Å². The highest BCUT2D eigenvalue weighted by molar-refractivity contribution is 7.91. The lowest BCUT2D eigenvalue weighted by molar-refractivity contribution is 0.112. The fourth-order valence-electron chi connectivity index (χ4n) is 4.93. The van der Waals surface area contributed by atoms with Crippen LogP contribution in [0.3, 0.4) is 0 Å². The normalized spacial score (nSPS) is 15.1. The van der Waals surface area contributed by atoms with E-state index in [1.807, 2.05) is 68.4 Å². The summed E-state index contributed by atoms with van der Waals surface area (Å²) in [6, 6.07) is 19.0. The third-order valence-electron chi connectivity index (χ3n) is 6.99. The second kappa shape index (κ2) is 10.4. The van der Waals surface area contributed by atoms with Crippen molar-refractivity contribution in [1.82, 2.24) is 0 Å². The van der Waals surface area contributed by atoms with Gasteiger partial charge in [-0.25, -0.2) is 0 Å². The summed E-state index contributed by atoms with van der Waals surface area (Å²) in [5.74, 6) is 1.92. The topological polar surface area (TPSA) is 85.6 Å². The highest BCUT2D eigenvalue weighted by atomic mass is 32.2. The maximum atomic E-state index is 13.5. The summed E-state index contributed by atoms with van der Waals surface area (Å²) >= 11 is -0.725. The van der Waals surface area contributed by atoms with Gasteiger partial charge in [-0.05, 0) is 68.8 Å². The summed E-state index contributed by atoms with van der Waals surface area (Å²) in [5.41, 5.74) is 6.08. The lowest BCUT2D eigenvalue weighted by Crippen LogP contribution is -2.40. The molecule has 190 valence electrons. The van der Waals surface area contributed by atoms with E-state index in [1.54, 1.807) is 13.0 Å². The van der Waals surface area contributed by atoms with Crippen molar-refractivity contribution < 1.29 is 13.8 Å². The molecule has 2 heterocycles. The summed E-state index contributed by atoms with van der Waals surface area (Å²) in [7, 11) is 0. The number of rotatable bonds is 6. The van der Waals surface area contributed by atoms with E-state index < -0.39 is 11.2 Å². The molecule has 1 aliphatic rings. The molecule has 7 heteroatoms. The van der Waals surface area contributed by atoms with Crippen molar-refractivity contribution in [3.8, 4) is 11.3 Å². The van der Waals surface area contributed by atoms with Gasteiger partial charge in [0.15, 0.2) is 11.7 Å². The monoisotopic (exact) mass is 514 g/mol. The molecule has 0 amide bonds. The molecule has 0 saturated carbocycles. The minimum Gasteiger partial charge on any atom is -0.616 e. The number of nitrogens with zero attached hydrogens (tertiary/aromatic N) is 1. The Labute approximate surface area is 219 Å². The van der Waals surface area contributed by atoms with Gasteiger partial charge in [0.05, 0.1) is 24.5 Å². The van der Waals surface area contributed by atoms with Gasteiger partial charge in [-0.3, -0.25) is 9.59 Å². The number of nitrogens with one attached hydrogen (secondary N) is 1. The van der Waals surface area contributed by atoms with Crippen molar-refractivity contribution in [2.75, 3.05) is 34.8 Å². The van der Waals surface area contributed by atoms with Gasteiger partial charge in [0, 0.05) is 33.6 Å². The minimum atomic E-state index is -0.725. The van der Waals surface area contributed by atoms with Gasteiger partial charge in [0.25, 0.3) is 0 Å². The number of aryl methyl sites for hydroxylation is 1. The standard InChI is InChI=1S/C30H30N2O4S/c1-19-16-25(21(3)31-27-7-5-4-6-23(27)18-33)30-26(17-19)28(34)20(2)29(36-30)22-8-10-24(11-9-22)32-12-14-37(35)15-13-32/h4-11,16-18,21,31H,12-15H2,1-3H3. The van der Waals surface area contributed by atoms with E-state index in [0.717, 1.165) is 47.4 Å². The molecule has 1 saturated heterocycles. The van der Waals surface area contributed by atoms with Crippen LogP contribution in [-0.2, 0) is 11.2 Å². The summed E-state index contributed by atoms with van der Waals surface area (Å²) < 4.78 is 18.2. The third kappa shape index (κ3) is 5.02. The van der Waals surface area contributed by atoms with Gasteiger partial charge in [-0.15, -0.1) is 0 Å². The Morgan fingerprint density at radius 2 is 1.76 bits per heavy atom. The molecule has 37 heavy (non-hydrogen) atoms. The molecule has 1 aliphatic heterocycles. The van der Waals surface area contributed by atoms with Gasteiger partial charge in [0.1, 0.15) is 22.8 Å². The minimum absolute atomic E-state index is 0.0516. The number of anilines is 2. The Morgan fingerprint density at radius 1 is 1.05 bits per heavy atom. The van der Waals surface area contributed by atoms with Crippen LogP contribution >= 0.6 is 0 Å². The van der Waals surface area contributed by atoms with Crippen LogP contribution in [0.25, 0.3) is 22.3 Å². The van der Waals surface area contributed by atoms with Crippen LogP contribution in [0.2, 0.25) is 0 Å². The van der Waals surface area contributed by atoms with E-state index >= 15 is 0 Å². The van der Waals surface area contributed by atoms with Crippen LogP contribution in [0.15, 0.2) is 69.9 Å². The van der Waals surface area contributed by atoms with Gasteiger partial charge < -0.3 is 19.2 Å². The van der Waals surface area contributed by atoms with E-state index in [9.17, 15) is 14.1 Å². The SMILES string of the molecule is Cc1cc(C(C)Nc2ccccc2C=O)c2oc(-c3ccc(N4CC[S+]([O-])CC4)cc3)c(C)c(=O)c2c1. The largest absolute Gasteiger partial charge is 0.616 e. The maximum Gasteiger partial charge on any atom is 0.196 e. The summed E-state index contributed by atoms with van der Waals surface area (Å²) in [4.78, 5) is 27.2. The first-order valence-electron chi connectivity index (χ1n) is 12.4. The smallest absolute Gasteiger partial charge is 0.196 e. The van der Waals surface area contributed by atoms with Gasteiger partial charge >= 0.3 is 0 Å². The van der Waals surface area contributed by atoms with Crippen LogP contribution in [0.5, 0.6) is 0 Å². The number of benzene rings is 3. The fraction of sp³-hybridized carbons (Fsp3) is 0.267. The maximum absolute atomic E-state index is 13.5. The quantitative estimate of drug-likeness (QED) is 0.265. The van der Waals surface area contributed by atoms with Crippen LogP contribution in [0.4, 0.5) is 11.4 Å². The van der Waals surface area contributed by atoms with E-state index in [4.69, 9.17) is 4.42 Å². The van der Waals surface area contributed by atoms with Crippen molar-refractivity contribution >= 4 is 39.8 Å². The lowest BCUT2D eigenvalue weighted by atomic mass is 9.98. The number of aldehydes is 1. The molecule has 1 aromatic heterocycles. The zero-order valence-corrected chi connectivity index (χ0v) is 22.1. The number of hydrogen-bond donors (Lipinski definition) is 1. The molecule has 0 aliphatic carbocycles. The molecular formula is C30H30N2O4S. The highest BCUT2D eigenvalue weighted by Gasteiger charge is 2.21. The molecule has 1 fully saturated rings. The fourth-order valence-corrected chi connectivity index (χ4v) is 5.98. The first-order chi connectivity index (χ1) is 17.9. The first kappa shape index (κ1) is 25.1. The number of fused-ring (bicyclic) bond motifs is 1. The molecule has 1 unspecified atom stereocenters. The number of carbonyl (C=O) groups is 1. The molecule has 5 rings (SSSR count). The van der Waals surface area contributed by atoms with Gasteiger partial charge in [0.2, 0.25) is 0 Å². The zero-order valence-electron chi connectivity index (χ0n) is 21.2. The van der Waals surface area contributed by atoms with Gasteiger partial charge in [-0.2, -0.15) is 0 Å². The Balaban J connectivity index is 1.55. The van der Waals surface area contributed by atoms with Crippen molar-refractivity contribution in [3.05, 3.63) is 93.1 Å². The summed E-state index contributed by atoms with van der Waals surface area (Å²) in [5, 5.41) is 3.96. The average Bonchev–Trinajstić information content (AvgIpc) is 2.91. The lowest BCUT2D eigenvalue weighted by Gasteiger charge is -2.30. The summed E-state index contributed by atoms with van der Waals surface area (Å²) in [6.07, 6.45) is 0.831. The highest BCUT2D eigenvalue weighted by Crippen LogP contribution is 2.33. The zero-order chi connectivity index (χ0) is 26.1. The number of carbonyl (C=O) groups excluding carboxylic acids is 1. The van der Waals surface area contributed by atoms with Crippen LogP contribution < -0.4 is 15.6 Å². The molecule has 1 atom stereocenters. The Bertz CT molecular complexity index is 1510. The van der Waals surface area contributed by atoms with Crippen molar-refractivity contribution in [2.45, 2.75) is 26.8 Å². The van der Waals surface area contributed by atoms with E-state index in [2.05, 4.69) is 10.2 Å². The predicted molar refractivity (Wildman–Crippen MR) is 151 cm³/mol. The van der Waals surface area contributed by atoms with E-state index in [0.29, 0.717) is 39.4 Å². The third-order valence-corrected chi connectivity index (χ3v) is 8.27. The molecular weight excluding hydrogens is 484 g/mol. The van der Waals surface area contributed by atoms with Crippen LogP contribution in [-0.4, -0.2) is 35.4 Å². The molecule has 4 aromatic rings. The predicted octanol–water partition coefficient (Wildman–Crippen LogP) is 5.63. The molecule has 0 bridgehead atoms. The van der Waals surface area contributed by atoms with Crippen LogP contribution in [0.1, 0.15) is 40.0 Å². The van der Waals surface area contributed by atoms with Gasteiger partial charge in [-0.1, -0.05) is 29.4 Å². The molecule has 1 N–H and O–H groups in total.